The summed E-state index contributed by atoms with van der Waals surface area (Å²) in [6, 6.07) is 5.03. The first-order chi connectivity index (χ1) is 9.49. The summed E-state index contributed by atoms with van der Waals surface area (Å²) in [5.41, 5.74) is 7.32. The van der Waals surface area contributed by atoms with Crippen LogP contribution in [0.25, 0.3) is 22.6 Å². The van der Waals surface area contributed by atoms with E-state index in [0.717, 1.165) is 5.01 Å². The van der Waals surface area contributed by atoms with Crippen molar-refractivity contribution < 1.29 is 8.42 Å². The molecule has 0 radical (unpaired) electrons. The molecule has 104 valence electrons. The zero-order valence-corrected chi connectivity index (χ0v) is 12.3. The normalized spacial score (nSPS) is 12.1. The molecule has 0 aliphatic rings. The summed E-state index contributed by atoms with van der Waals surface area (Å²) in [7, 11) is -3.32. The van der Waals surface area contributed by atoms with Crippen LogP contribution >= 0.6 is 11.3 Å². The third-order valence-corrected chi connectivity index (χ3v) is 4.84. The molecular weight excluding hydrogens is 296 g/mol. The van der Waals surface area contributed by atoms with Crippen molar-refractivity contribution in [2.24, 2.45) is 5.73 Å². The number of hydrogen-bond donors (Lipinski definition) is 2. The van der Waals surface area contributed by atoms with E-state index in [4.69, 9.17) is 5.73 Å². The van der Waals surface area contributed by atoms with Crippen molar-refractivity contribution in [2.75, 3.05) is 6.26 Å². The molecule has 1 aromatic carbocycles. The molecule has 2 aromatic heterocycles. The van der Waals surface area contributed by atoms with Gasteiger partial charge in [0.15, 0.2) is 15.7 Å². The number of imidazole rings is 1. The number of nitrogens with zero attached hydrogens (tertiary/aromatic N) is 2. The lowest BCUT2D eigenvalue weighted by Crippen LogP contribution is -1.97. The zero-order valence-electron chi connectivity index (χ0n) is 10.6. The van der Waals surface area contributed by atoms with Crippen LogP contribution in [0.4, 0.5) is 0 Å². The lowest BCUT2D eigenvalue weighted by molar-refractivity contribution is 0.602. The maximum atomic E-state index is 11.8. The van der Waals surface area contributed by atoms with Gasteiger partial charge in [-0.05, 0) is 12.1 Å². The van der Waals surface area contributed by atoms with Crippen molar-refractivity contribution in [2.45, 2.75) is 11.4 Å². The van der Waals surface area contributed by atoms with Crippen LogP contribution in [0.3, 0.4) is 0 Å². The smallest absolute Gasteiger partial charge is 0.177 e. The molecule has 0 bridgehead atoms. The Hall–Kier alpha value is -1.77. The van der Waals surface area contributed by atoms with Crippen LogP contribution < -0.4 is 5.73 Å². The maximum Gasteiger partial charge on any atom is 0.177 e. The van der Waals surface area contributed by atoms with E-state index in [9.17, 15) is 8.42 Å². The van der Waals surface area contributed by atoms with Gasteiger partial charge in [-0.2, -0.15) is 0 Å². The van der Waals surface area contributed by atoms with Gasteiger partial charge in [-0.3, -0.25) is 0 Å². The fourth-order valence-corrected chi connectivity index (χ4v) is 3.43. The SMILES string of the molecule is CS(=O)(=O)c1cccc2[nH]c(-c3csc(CN)n3)nc12. The molecule has 20 heavy (non-hydrogen) atoms. The first-order valence-electron chi connectivity index (χ1n) is 5.82. The minimum absolute atomic E-state index is 0.215. The molecule has 0 saturated carbocycles. The van der Waals surface area contributed by atoms with E-state index >= 15 is 0 Å². The number of fused-ring (bicyclic) bond motifs is 1. The van der Waals surface area contributed by atoms with Crippen molar-refractivity contribution in [3.8, 4) is 11.5 Å². The highest BCUT2D eigenvalue weighted by Crippen LogP contribution is 2.26. The Morgan fingerprint density at radius 2 is 2.15 bits per heavy atom. The summed E-state index contributed by atoms with van der Waals surface area (Å²) in [5.74, 6) is 0.548. The largest absolute Gasteiger partial charge is 0.337 e. The number of nitrogens with one attached hydrogen (secondary N) is 1. The number of para-hydroxylation sites is 1. The molecule has 3 N–H and O–H groups in total. The lowest BCUT2D eigenvalue weighted by Gasteiger charge is -1.97. The third-order valence-electron chi connectivity index (χ3n) is 2.84. The second-order valence-corrected chi connectivity index (χ2v) is 7.27. The van der Waals surface area contributed by atoms with Gasteiger partial charge >= 0.3 is 0 Å². The highest BCUT2D eigenvalue weighted by atomic mass is 32.2. The van der Waals surface area contributed by atoms with Crippen molar-refractivity contribution in [1.82, 2.24) is 15.0 Å². The molecule has 0 saturated heterocycles. The van der Waals surface area contributed by atoms with E-state index in [1.165, 1.54) is 17.6 Å². The highest BCUT2D eigenvalue weighted by Gasteiger charge is 2.16. The van der Waals surface area contributed by atoms with Crippen LogP contribution in [-0.2, 0) is 16.4 Å². The van der Waals surface area contributed by atoms with Gasteiger partial charge < -0.3 is 10.7 Å². The summed E-state index contributed by atoms with van der Waals surface area (Å²) in [4.78, 5) is 12.0. The number of thiazole rings is 1. The summed E-state index contributed by atoms with van der Waals surface area (Å²) < 4.78 is 23.5. The fourth-order valence-electron chi connectivity index (χ4n) is 1.94. The molecule has 6 nitrogen and oxygen atoms in total. The molecule has 3 aromatic rings. The predicted octanol–water partition coefficient (Wildman–Crippen LogP) is 1.55. The van der Waals surface area contributed by atoms with Gasteiger partial charge in [-0.1, -0.05) is 6.07 Å². The number of H-pyrrole nitrogens is 1. The van der Waals surface area contributed by atoms with Crippen LogP contribution in [0, 0.1) is 0 Å². The molecule has 0 aliphatic carbocycles. The maximum absolute atomic E-state index is 11.8. The van der Waals surface area contributed by atoms with E-state index in [-0.39, 0.29) is 4.90 Å². The standard InChI is InChI=1S/C12H12N4O2S2/c1-20(17,18)9-4-2-3-7-11(9)16-12(15-7)8-6-19-10(5-13)14-8/h2-4,6H,5,13H2,1H3,(H,15,16). The van der Waals surface area contributed by atoms with Crippen LogP contribution in [0.2, 0.25) is 0 Å². The Morgan fingerprint density at radius 3 is 2.80 bits per heavy atom. The topological polar surface area (TPSA) is 102 Å². The molecule has 2 heterocycles. The van der Waals surface area contributed by atoms with E-state index in [1.54, 1.807) is 18.2 Å². The number of aromatic amines is 1. The van der Waals surface area contributed by atoms with Gasteiger partial charge in [0.1, 0.15) is 16.2 Å². The Kier molecular flexibility index (Phi) is 3.08. The van der Waals surface area contributed by atoms with Crippen molar-refractivity contribution in [1.29, 1.82) is 0 Å². The molecule has 0 amide bonds. The number of rotatable bonds is 3. The number of nitrogens with two attached hydrogens (primary N) is 1. The Balaban J connectivity index is 2.20. The summed E-state index contributed by atoms with van der Waals surface area (Å²) in [6.07, 6.45) is 1.17. The average molecular weight is 308 g/mol. The second kappa shape index (κ2) is 4.65. The van der Waals surface area contributed by atoms with Gasteiger partial charge in [-0.25, -0.2) is 18.4 Å². The van der Waals surface area contributed by atoms with Crippen LogP contribution in [0.15, 0.2) is 28.5 Å². The Bertz CT molecular complexity index is 880. The minimum atomic E-state index is -3.32. The van der Waals surface area contributed by atoms with E-state index in [0.29, 0.717) is 29.1 Å². The molecule has 3 rings (SSSR count). The molecular formula is C12H12N4O2S2. The van der Waals surface area contributed by atoms with Crippen LogP contribution in [-0.4, -0.2) is 29.6 Å². The first-order valence-corrected chi connectivity index (χ1v) is 8.60. The second-order valence-electron chi connectivity index (χ2n) is 4.34. The van der Waals surface area contributed by atoms with Gasteiger partial charge in [0.05, 0.1) is 10.4 Å². The van der Waals surface area contributed by atoms with E-state index in [1.807, 2.05) is 5.38 Å². The minimum Gasteiger partial charge on any atom is -0.337 e. The van der Waals surface area contributed by atoms with Gasteiger partial charge in [-0.15, -0.1) is 11.3 Å². The van der Waals surface area contributed by atoms with E-state index in [2.05, 4.69) is 15.0 Å². The summed E-state index contributed by atoms with van der Waals surface area (Å²) in [5, 5.41) is 2.66. The molecule has 0 fully saturated rings. The van der Waals surface area contributed by atoms with Gasteiger partial charge in [0.2, 0.25) is 0 Å². The Labute approximate surface area is 119 Å². The molecule has 0 spiro atoms. The monoisotopic (exact) mass is 308 g/mol. The summed E-state index contributed by atoms with van der Waals surface area (Å²) >= 11 is 1.45. The zero-order chi connectivity index (χ0) is 14.3. The summed E-state index contributed by atoms with van der Waals surface area (Å²) in [6.45, 7) is 0.374. The van der Waals surface area contributed by atoms with Crippen molar-refractivity contribution >= 4 is 32.2 Å². The predicted molar refractivity (Wildman–Crippen MR) is 78.2 cm³/mol. The number of hydrogen-bond acceptors (Lipinski definition) is 6. The molecule has 8 heteroatoms. The highest BCUT2D eigenvalue weighted by molar-refractivity contribution is 7.91. The molecule has 0 aliphatic heterocycles. The van der Waals surface area contributed by atoms with Crippen LogP contribution in [0.1, 0.15) is 5.01 Å². The van der Waals surface area contributed by atoms with Crippen LogP contribution in [0.5, 0.6) is 0 Å². The van der Waals surface area contributed by atoms with E-state index < -0.39 is 9.84 Å². The van der Waals surface area contributed by atoms with Crippen molar-refractivity contribution in [3.05, 3.63) is 28.6 Å². The average Bonchev–Trinajstić information content (AvgIpc) is 3.02. The van der Waals surface area contributed by atoms with Gasteiger partial charge in [0, 0.05) is 18.2 Å². The van der Waals surface area contributed by atoms with Gasteiger partial charge in [0.25, 0.3) is 0 Å². The fraction of sp³-hybridized carbons (Fsp3) is 0.167. The Morgan fingerprint density at radius 1 is 1.35 bits per heavy atom. The molecule has 0 unspecified atom stereocenters. The molecule has 0 atom stereocenters. The first kappa shape index (κ1) is 13.2. The lowest BCUT2D eigenvalue weighted by atomic mass is 10.3. The number of aromatic nitrogens is 3. The number of sulfone groups is 1. The quantitative estimate of drug-likeness (QED) is 0.764. The number of benzene rings is 1. The third kappa shape index (κ3) is 2.21. The van der Waals surface area contributed by atoms with Crippen molar-refractivity contribution in [3.63, 3.8) is 0 Å².